The van der Waals surface area contributed by atoms with E-state index in [4.69, 9.17) is 12.2 Å². The monoisotopic (exact) mass is 236 g/mol. The molecule has 86 valence electrons. The molecule has 0 amide bonds. The lowest BCUT2D eigenvalue weighted by atomic mass is 10.2. The first-order valence-electron chi connectivity index (χ1n) is 5.15. The Morgan fingerprint density at radius 2 is 2.19 bits per heavy atom. The predicted octanol–water partition coefficient (Wildman–Crippen LogP) is 1.54. The molecule has 16 heavy (non-hydrogen) atoms. The zero-order valence-electron chi connectivity index (χ0n) is 9.47. The van der Waals surface area contributed by atoms with Crippen molar-refractivity contribution in [3.8, 4) is 0 Å². The predicted molar refractivity (Wildman–Crippen MR) is 70.4 cm³/mol. The Bertz CT molecular complexity index is 348. The van der Waals surface area contributed by atoms with Crippen molar-refractivity contribution in [2.24, 2.45) is 11.0 Å². The van der Waals surface area contributed by atoms with Gasteiger partial charge in [0, 0.05) is 18.9 Å². The second-order valence-corrected chi connectivity index (χ2v) is 4.16. The van der Waals surface area contributed by atoms with E-state index in [1.165, 1.54) is 0 Å². The van der Waals surface area contributed by atoms with Gasteiger partial charge in [0.2, 0.25) is 0 Å². The first-order chi connectivity index (χ1) is 7.68. The van der Waals surface area contributed by atoms with Gasteiger partial charge in [-0.1, -0.05) is 13.8 Å². The average molecular weight is 236 g/mol. The summed E-state index contributed by atoms with van der Waals surface area (Å²) >= 11 is 5.04. The lowest BCUT2D eigenvalue weighted by molar-refractivity contribution is 0.621. The molecule has 0 saturated heterocycles. The van der Waals surface area contributed by atoms with Crippen LogP contribution in [0.5, 0.6) is 0 Å². The van der Waals surface area contributed by atoms with E-state index in [1.807, 2.05) is 12.1 Å². The van der Waals surface area contributed by atoms with Gasteiger partial charge in [-0.3, -0.25) is 10.4 Å². The van der Waals surface area contributed by atoms with Gasteiger partial charge in [0.05, 0.1) is 6.21 Å². The maximum atomic E-state index is 5.04. The topological polar surface area (TPSA) is 49.3 Å². The summed E-state index contributed by atoms with van der Waals surface area (Å²) in [5.74, 6) is 0.559. The van der Waals surface area contributed by atoms with Crippen LogP contribution in [0.4, 0.5) is 0 Å². The lowest BCUT2D eigenvalue weighted by Gasteiger charge is -2.08. The molecule has 0 saturated carbocycles. The second kappa shape index (κ2) is 6.90. The van der Waals surface area contributed by atoms with Gasteiger partial charge in [0.25, 0.3) is 0 Å². The van der Waals surface area contributed by atoms with Crippen LogP contribution >= 0.6 is 12.2 Å². The van der Waals surface area contributed by atoms with Crippen LogP contribution in [0.3, 0.4) is 0 Å². The molecule has 0 unspecified atom stereocenters. The molecule has 0 atom stereocenters. The Hall–Kier alpha value is -1.49. The van der Waals surface area contributed by atoms with E-state index in [1.54, 1.807) is 18.6 Å². The zero-order chi connectivity index (χ0) is 11.8. The molecule has 1 heterocycles. The van der Waals surface area contributed by atoms with Crippen LogP contribution in [-0.4, -0.2) is 22.9 Å². The molecule has 1 rings (SSSR count). The maximum Gasteiger partial charge on any atom is 0.186 e. The molecule has 0 spiro atoms. The molecule has 4 nitrogen and oxygen atoms in total. The van der Waals surface area contributed by atoms with E-state index in [2.05, 4.69) is 34.7 Å². The van der Waals surface area contributed by atoms with Gasteiger partial charge in [-0.05, 0) is 35.8 Å². The van der Waals surface area contributed by atoms with Crippen molar-refractivity contribution in [3.63, 3.8) is 0 Å². The number of hydrogen-bond acceptors (Lipinski definition) is 3. The number of rotatable bonds is 4. The van der Waals surface area contributed by atoms with Crippen LogP contribution in [0, 0.1) is 5.92 Å². The molecule has 5 heteroatoms. The maximum absolute atomic E-state index is 5.04. The molecule has 0 fully saturated rings. The van der Waals surface area contributed by atoms with Crippen molar-refractivity contribution in [1.29, 1.82) is 0 Å². The molecule has 0 aliphatic heterocycles. The Kier molecular flexibility index (Phi) is 5.42. The SMILES string of the molecule is CC(C)CNC(=S)N/N=C\c1ccncc1. The highest BCUT2D eigenvalue weighted by Crippen LogP contribution is 1.90. The van der Waals surface area contributed by atoms with Crippen LogP contribution in [0.15, 0.2) is 29.6 Å². The van der Waals surface area contributed by atoms with Crippen molar-refractivity contribution >= 4 is 23.5 Å². The number of nitrogens with zero attached hydrogens (tertiary/aromatic N) is 2. The Morgan fingerprint density at radius 1 is 1.50 bits per heavy atom. The highest BCUT2D eigenvalue weighted by molar-refractivity contribution is 7.80. The molecule has 1 aromatic heterocycles. The Labute approximate surface area is 101 Å². The van der Waals surface area contributed by atoms with Crippen molar-refractivity contribution in [2.75, 3.05) is 6.54 Å². The highest BCUT2D eigenvalue weighted by Gasteiger charge is 1.95. The molecule has 2 N–H and O–H groups in total. The third kappa shape index (κ3) is 5.41. The van der Waals surface area contributed by atoms with Gasteiger partial charge in [-0.2, -0.15) is 5.10 Å². The number of pyridine rings is 1. The van der Waals surface area contributed by atoms with Crippen molar-refractivity contribution in [3.05, 3.63) is 30.1 Å². The van der Waals surface area contributed by atoms with Gasteiger partial charge in [-0.15, -0.1) is 0 Å². The summed E-state index contributed by atoms with van der Waals surface area (Å²) in [6, 6.07) is 3.74. The van der Waals surface area contributed by atoms with E-state index in [0.29, 0.717) is 11.0 Å². The minimum Gasteiger partial charge on any atom is -0.361 e. The Balaban J connectivity index is 2.29. The van der Waals surface area contributed by atoms with E-state index in [9.17, 15) is 0 Å². The molecule has 0 bridgehead atoms. The first-order valence-corrected chi connectivity index (χ1v) is 5.56. The molecular formula is C11H16N4S. The van der Waals surface area contributed by atoms with Gasteiger partial charge in [0.1, 0.15) is 0 Å². The third-order valence-corrected chi connectivity index (χ3v) is 1.99. The molecule has 0 aromatic carbocycles. The van der Waals surface area contributed by atoms with E-state index in [0.717, 1.165) is 12.1 Å². The summed E-state index contributed by atoms with van der Waals surface area (Å²) in [6.45, 7) is 5.09. The van der Waals surface area contributed by atoms with Crippen molar-refractivity contribution in [2.45, 2.75) is 13.8 Å². The normalized spacial score (nSPS) is 10.7. The summed E-state index contributed by atoms with van der Waals surface area (Å²) in [4.78, 5) is 3.92. The number of hydrazone groups is 1. The number of aromatic nitrogens is 1. The molecule has 1 aromatic rings. The van der Waals surface area contributed by atoms with Crippen LogP contribution in [0.1, 0.15) is 19.4 Å². The van der Waals surface area contributed by atoms with Gasteiger partial charge in [-0.25, -0.2) is 0 Å². The van der Waals surface area contributed by atoms with E-state index in [-0.39, 0.29) is 0 Å². The largest absolute Gasteiger partial charge is 0.361 e. The third-order valence-electron chi connectivity index (χ3n) is 1.76. The van der Waals surface area contributed by atoms with Crippen LogP contribution in [0.2, 0.25) is 0 Å². The van der Waals surface area contributed by atoms with Crippen LogP contribution in [-0.2, 0) is 0 Å². The fourth-order valence-electron chi connectivity index (χ4n) is 0.951. The number of nitrogens with one attached hydrogen (secondary N) is 2. The van der Waals surface area contributed by atoms with Crippen LogP contribution in [0.25, 0.3) is 0 Å². The van der Waals surface area contributed by atoms with Crippen LogP contribution < -0.4 is 10.7 Å². The summed E-state index contributed by atoms with van der Waals surface area (Å²) in [6.07, 6.45) is 5.14. The molecular weight excluding hydrogens is 220 g/mol. The zero-order valence-corrected chi connectivity index (χ0v) is 10.3. The lowest BCUT2D eigenvalue weighted by Crippen LogP contribution is -2.34. The second-order valence-electron chi connectivity index (χ2n) is 3.75. The van der Waals surface area contributed by atoms with Gasteiger partial charge < -0.3 is 5.32 Å². The number of hydrogen-bond donors (Lipinski definition) is 2. The summed E-state index contributed by atoms with van der Waals surface area (Å²) in [5.41, 5.74) is 3.74. The average Bonchev–Trinajstić information content (AvgIpc) is 2.28. The fourth-order valence-corrected chi connectivity index (χ4v) is 1.09. The summed E-state index contributed by atoms with van der Waals surface area (Å²) in [7, 11) is 0. The minimum atomic E-state index is 0.541. The minimum absolute atomic E-state index is 0.541. The summed E-state index contributed by atoms with van der Waals surface area (Å²) in [5, 5.41) is 7.62. The first kappa shape index (κ1) is 12.6. The molecule has 0 aliphatic rings. The van der Waals surface area contributed by atoms with E-state index >= 15 is 0 Å². The van der Waals surface area contributed by atoms with E-state index < -0.39 is 0 Å². The van der Waals surface area contributed by atoms with Gasteiger partial charge in [0.15, 0.2) is 5.11 Å². The standard InChI is InChI=1S/C11H16N4S/c1-9(2)7-13-11(16)15-14-8-10-3-5-12-6-4-10/h3-6,8-9H,7H2,1-2H3,(H2,13,15,16)/b14-8-. The van der Waals surface area contributed by atoms with Gasteiger partial charge >= 0.3 is 0 Å². The number of thiocarbonyl (C=S) groups is 1. The Morgan fingerprint density at radius 3 is 2.81 bits per heavy atom. The quantitative estimate of drug-likeness (QED) is 0.473. The summed E-state index contributed by atoms with van der Waals surface area (Å²) < 4.78 is 0. The molecule has 0 radical (unpaired) electrons. The van der Waals surface area contributed by atoms with Crippen molar-refractivity contribution in [1.82, 2.24) is 15.7 Å². The highest BCUT2D eigenvalue weighted by atomic mass is 32.1. The van der Waals surface area contributed by atoms with Crippen molar-refractivity contribution < 1.29 is 0 Å². The molecule has 0 aliphatic carbocycles. The smallest absolute Gasteiger partial charge is 0.186 e. The fraction of sp³-hybridized carbons (Fsp3) is 0.364.